The Labute approximate surface area is 206 Å². The van der Waals surface area contributed by atoms with Gasteiger partial charge in [0.25, 0.3) is 11.8 Å². The molecule has 0 spiro atoms. The number of hydrogen-bond donors (Lipinski definition) is 3. The molecule has 35 heavy (non-hydrogen) atoms. The van der Waals surface area contributed by atoms with Gasteiger partial charge in [0.1, 0.15) is 23.2 Å². The third-order valence-corrected chi connectivity index (χ3v) is 7.23. The van der Waals surface area contributed by atoms with Crippen molar-refractivity contribution in [3.63, 3.8) is 0 Å². The second kappa shape index (κ2) is 11.2. The van der Waals surface area contributed by atoms with E-state index in [2.05, 4.69) is 15.4 Å². The Hall–Kier alpha value is -2.93. The van der Waals surface area contributed by atoms with Crippen LogP contribution in [0, 0.1) is 0 Å². The van der Waals surface area contributed by atoms with E-state index in [1.807, 2.05) is 6.92 Å². The van der Waals surface area contributed by atoms with E-state index < -0.39 is 35.3 Å². The number of thioether (sulfide) groups is 1. The first-order chi connectivity index (χ1) is 16.9. The molecule has 1 aromatic rings. The minimum absolute atomic E-state index is 0.180. The Morgan fingerprint density at radius 1 is 1.31 bits per heavy atom. The van der Waals surface area contributed by atoms with E-state index in [0.29, 0.717) is 30.9 Å². The predicted molar refractivity (Wildman–Crippen MR) is 127 cm³/mol. The number of oxime groups is 1. The summed E-state index contributed by atoms with van der Waals surface area (Å²) < 4.78 is 5.33. The van der Waals surface area contributed by atoms with Crippen LogP contribution in [0.3, 0.4) is 0 Å². The van der Waals surface area contributed by atoms with Gasteiger partial charge in [-0.15, -0.1) is 11.8 Å². The Bertz CT molecular complexity index is 1010. The molecule has 4 rings (SSSR count). The van der Waals surface area contributed by atoms with Gasteiger partial charge in [0, 0.05) is 31.0 Å². The minimum atomic E-state index is -1.43. The minimum Gasteiger partial charge on any atom is -0.477 e. The molecule has 2 saturated heterocycles. The van der Waals surface area contributed by atoms with Gasteiger partial charge in [-0.05, 0) is 12.5 Å². The number of nitrogens with one attached hydrogen (secondary N) is 1. The van der Waals surface area contributed by atoms with Gasteiger partial charge in [0.05, 0.1) is 19.4 Å². The van der Waals surface area contributed by atoms with Crippen molar-refractivity contribution in [2.24, 2.45) is 5.16 Å². The quantitative estimate of drug-likeness (QED) is 0.244. The molecule has 0 aromatic heterocycles. The van der Waals surface area contributed by atoms with Crippen LogP contribution in [-0.2, 0) is 24.0 Å². The standard InChI is InChI=1S/C23H28N4O7S/c1-14(12-26-7-9-33-10-8-26)34-24-11-16-13-35-22-17(21(30)27(22)18(16)23(31)32)25-20(29)19(28)15-5-3-2-4-6-15/h2-6,11,14,17,19,22,28H,7-10,12-13H2,1H3,(H,25,29)(H,31,32)/t14?,17-,19?,22+/m1/s1. The first-order valence-electron chi connectivity index (χ1n) is 11.3. The van der Waals surface area contributed by atoms with Crippen LogP contribution in [0.15, 0.2) is 46.8 Å². The average molecular weight is 505 g/mol. The summed E-state index contributed by atoms with van der Waals surface area (Å²) in [6.45, 7) is 5.55. The monoisotopic (exact) mass is 504 g/mol. The smallest absolute Gasteiger partial charge is 0.353 e. The fraction of sp³-hybridized carbons (Fsp3) is 0.478. The van der Waals surface area contributed by atoms with E-state index in [4.69, 9.17) is 9.57 Å². The summed E-state index contributed by atoms with van der Waals surface area (Å²) in [5.41, 5.74) is 0.568. The largest absolute Gasteiger partial charge is 0.477 e. The van der Waals surface area contributed by atoms with E-state index in [1.54, 1.807) is 30.3 Å². The second-order valence-electron chi connectivity index (χ2n) is 8.45. The molecule has 0 bridgehead atoms. The number of nitrogens with zero attached hydrogens (tertiary/aromatic N) is 3. The molecule has 0 aliphatic carbocycles. The highest BCUT2D eigenvalue weighted by Crippen LogP contribution is 2.40. The molecule has 12 heteroatoms. The SMILES string of the molecule is CC(CN1CCOCC1)ON=CC1=C(C(=O)O)N2C(=O)[C@@H](NC(=O)C(O)c3ccccc3)[C@@H]2SC1. The van der Waals surface area contributed by atoms with Gasteiger partial charge in [-0.2, -0.15) is 0 Å². The van der Waals surface area contributed by atoms with Gasteiger partial charge in [0.2, 0.25) is 0 Å². The average Bonchev–Trinajstić information content (AvgIpc) is 2.87. The highest BCUT2D eigenvalue weighted by Gasteiger charge is 2.54. The van der Waals surface area contributed by atoms with Crippen molar-refractivity contribution in [1.29, 1.82) is 0 Å². The van der Waals surface area contributed by atoms with Crippen LogP contribution >= 0.6 is 11.8 Å². The lowest BCUT2D eigenvalue weighted by atomic mass is 10.0. The van der Waals surface area contributed by atoms with Crippen molar-refractivity contribution in [2.45, 2.75) is 30.5 Å². The molecule has 2 unspecified atom stereocenters. The summed E-state index contributed by atoms with van der Waals surface area (Å²) in [4.78, 5) is 46.1. The number of hydrogen-bond acceptors (Lipinski definition) is 9. The molecule has 3 heterocycles. The molecule has 2 fully saturated rings. The van der Waals surface area contributed by atoms with Gasteiger partial charge < -0.3 is 25.1 Å². The topological polar surface area (TPSA) is 141 Å². The van der Waals surface area contributed by atoms with E-state index >= 15 is 0 Å². The van der Waals surface area contributed by atoms with Crippen LogP contribution in [0.1, 0.15) is 18.6 Å². The van der Waals surface area contributed by atoms with Crippen LogP contribution in [0.25, 0.3) is 0 Å². The number of carboxylic acids is 1. The molecule has 0 saturated carbocycles. The van der Waals surface area contributed by atoms with E-state index in [-0.39, 0.29) is 17.6 Å². The van der Waals surface area contributed by atoms with Gasteiger partial charge in [-0.3, -0.25) is 19.4 Å². The Morgan fingerprint density at radius 3 is 2.71 bits per heavy atom. The van der Waals surface area contributed by atoms with Gasteiger partial charge >= 0.3 is 5.97 Å². The number of β-lactam (4-membered cyclic amide) rings is 1. The lowest BCUT2D eigenvalue weighted by molar-refractivity contribution is -0.151. The maximum absolute atomic E-state index is 12.8. The lowest BCUT2D eigenvalue weighted by Gasteiger charge is -2.49. The summed E-state index contributed by atoms with van der Waals surface area (Å²) in [5.74, 6) is -2.26. The van der Waals surface area contributed by atoms with Gasteiger partial charge in [0.15, 0.2) is 6.10 Å². The number of aliphatic hydroxyl groups excluding tert-OH is 1. The van der Waals surface area contributed by atoms with Crippen molar-refractivity contribution in [2.75, 3.05) is 38.6 Å². The van der Waals surface area contributed by atoms with Crippen LogP contribution < -0.4 is 5.32 Å². The zero-order valence-electron chi connectivity index (χ0n) is 19.2. The Morgan fingerprint density at radius 2 is 2.03 bits per heavy atom. The number of amides is 2. The predicted octanol–water partition coefficient (Wildman–Crippen LogP) is 0.182. The van der Waals surface area contributed by atoms with E-state index in [1.165, 1.54) is 18.0 Å². The fourth-order valence-corrected chi connectivity index (χ4v) is 5.44. The van der Waals surface area contributed by atoms with Crippen molar-refractivity contribution in [3.8, 4) is 0 Å². The van der Waals surface area contributed by atoms with E-state index in [0.717, 1.165) is 18.0 Å². The molecule has 0 radical (unpaired) electrons. The summed E-state index contributed by atoms with van der Waals surface area (Å²) in [5, 5.41) is 26.0. The highest BCUT2D eigenvalue weighted by molar-refractivity contribution is 8.00. The van der Waals surface area contributed by atoms with Gasteiger partial charge in [-0.1, -0.05) is 35.5 Å². The number of carbonyl (C=O) groups excluding carboxylic acids is 2. The Kier molecular flexibility index (Phi) is 8.06. The number of carbonyl (C=O) groups is 3. The number of ether oxygens (including phenoxy) is 1. The third kappa shape index (κ3) is 5.67. The van der Waals surface area contributed by atoms with Gasteiger partial charge in [-0.25, -0.2) is 4.79 Å². The highest BCUT2D eigenvalue weighted by atomic mass is 32.2. The number of carboxylic acid groups (broad SMARTS) is 1. The molecule has 2 amide bonds. The number of aliphatic hydroxyl groups is 1. The molecular formula is C23H28N4O7S. The summed E-state index contributed by atoms with van der Waals surface area (Å²) in [7, 11) is 0. The second-order valence-corrected chi connectivity index (χ2v) is 9.56. The Balaban J connectivity index is 1.37. The van der Waals surface area contributed by atoms with Crippen molar-refractivity contribution in [3.05, 3.63) is 47.2 Å². The molecule has 3 aliphatic heterocycles. The summed E-state index contributed by atoms with van der Waals surface area (Å²) in [6, 6.07) is 7.43. The number of fused-ring (bicyclic) bond motifs is 1. The first-order valence-corrected chi connectivity index (χ1v) is 12.4. The van der Waals surface area contributed by atoms with Crippen molar-refractivity contribution < 1.29 is 34.2 Å². The zero-order valence-corrected chi connectivity index (χ0v) is 20.0. The van der Waals surface area contributed by atoms with Crippen LogP contribution in [0.4, 0.5) is 0 Å². The number of aliphatic carboxylic acids is 1. The molecular weight excluding hydrogens is 476 g/mol. The molecule has 188 valence electrons. The van der Waals surface area contributed by atoms with Crippen LogP contribution in [0.2, 0.25) is 0 Å². The maximum atomic E-state index is 12.8. The van der Waals surface area contributed by atoms with Crippen molar-refractivity contribution in [1.82, 2.24) is 15.1 Å². The molecule has 3 N–H and O–H groups in total. The fourth-order valence-electron chi connectivity index (χ4n) is 4.14. The van der Waals surface area contributed by atoms with E-state index in [9.17, 15) is 24.6 Å². The summed E-state index contributed by atoms with van der Waals surface area (Å²) >= 11 is 1.31. The lowest BCUT2D eigenvalue weighted by Crippen LogP contribution is -2.70. The summed E-state index contributed by atoms with van der Waals surface area (Å²) in [6.07, 6.45) is -0.301. The van der Waals surface area contributed by atoms with Crippen molar-refractivity contribution >= 4 is 35.8 Å². The zero-order chi connectivity index (χ0) is 24.9. The van der Waals surface area contributed by atoms with Crippen LogP contribution in [0.5, 0.6) is 0 Å². The van der Waals surface area contributed by atoms with Crippen LogP contribution in [-0.4, -0.2) is 100 Å². The number of rotatable bonds is 9. The molecule has 1 aromatic carbocycles. The number of morpholine rings is 1. The third-order valence-electron chi connectivity index (χ3n) is 5.93. The maximum Gasteiger partial charge on any atom is 0.353 e. The first kappa shape index (κ1) is 25.2. The molecule has 4 atom stereocenters. The molecule has 11 nitrogen and oxygen atoms in total. The normalized spacial score (nSPS) is 24.5. The number of benzene rings is 1. The molecule has 3 aliphatic rings.